The summed E-state index contributed by atoms with van der Waals surface area (Å²) in [6.45, 7) is 6.12. The maximum atomic E-state index is 11.9. The van der Waals surface area contributed by atoms with Gasteiger partial charge in [-0.2, -0.15) is 5.26 Å². The zero-order valence-electron chi connectivity index (χ0n) is 16.6. The van der Waals surface area contributed by atoms with Gasteiger partial charge in [0.15, 0.2) is 6.61 Å². The van der Waals surface area contributed by atoms with Crippen molar-refractivity contribution in [2.45, 2.75) is 32.6 Å². The molecular formula is C22H23ClN2O4. The molecule has 0 radical (unpaired) electrons. The third-order valence-corrected chi connectivity index (χ3v) is 4.35. The molecular weight excluding hydrogens is 392 g/mol. The van der Waals surface area contributed by atoms with E-state index >= 15 is 0 Å². The molecule has 1 N–H and O–H groups in total. The Kier molecular flexibility index (Phi) is 7.63. The second-order valence-electron chi connectivity index (χ2n) is 7.39. The molecule has 0 aliphatic carbocycles. The number of hydrogen-bond donors (Lipinski definition) is 1. The van der Waals surface area contributed by atoms with Crippen LogP contribution >= 0.6 is 11.6 Å². The van der Waals surface area contributed by atoms with Gasteiger partial charge >= 0.3 is 5.97 Å². The number of benzene rings is 2. The van der Waals surface area contributed by atoms with Crippen LogP contribution in [0.25, 0.3) is 0 Å². The number of hydrogen-bond acceptors (Lipinski definition) is 5. The fraction of sp³-hybridized carbons (Fsp3) is 0.318. The second-order valence-corrected chi connectivity index (χ2v) is 7.80. The van der Waals surface area contributed by atoms with Crippen LogP contribution in [0.1, 0.15) is 38.3 Å². The Labute approximate surface area is 175 Å². The molecule has 2 aromatic rings. The van der Waals surface area contributed by atoms with E-state index in [2.05, 4.69) is 26.1 Å². The van der Waals surface area contributed by atoms with Crippen molar-refractivity contribution in [3.63, 3.8) is 0 Å². The van der Waals surface area contributed by atoms with Gasteiger partial charge in [-0.1, -0.05) is 44.5 Å². The van der Waals surface area contributed by atoms with E-state index in [1.165, 1.54) is 17.7 Å². The van der Waals surface area contributed by atoms with Crippen LogP contribution in [0.4, 0.5) is 5.69 Å². The minimum Gasteiger partial charge on any atom is -0.493 e. The smallest absolute Gasteiger partial charge is 0.309 e. The topological polar surface area (TPSA) is 88.4 Å². The number of nitriles is 1. The summed E-state index contributed by atoms with van der Waals surface area (Å²) in [5, 5.41) is 11.6. The largest absolute Gasteiger partial charge is 0.493 e. The number of rotatable bonds is 7. The summed E-state index contributed by atoms with van der Waals surface area (Å²) in [6.07, 6.45) is 0.0248. The van der Waals surface area contributed by atoms with E-state index in [4.69, 9.17) is 26.3 Å². The first-order valence-electron chi connectivity index (χ1n) is 9.07. The molecule has 0 bridgehead atoms. The summed E-state index contributed by atoms with van der Waals surface area (Å²) < 4.78 is 10.5. The number of carbonyl (C=O) groups is 2. The highest BCUT2D eigenvalue weighted by Gasteiger charge is 2.13. The van der Waals surface area contributed by atoms with E-state index < -0.39 is 18.5 Å². The molecule has 29 heavy (non-hydrogen) atoms. The van der Waals surface area contributed by atoms with Gasteiger partial charge in [-0.25, -0.2) is 0 Å². The molecule has 0 saturated carbocycles. The average Bonchev–Trinajstić information content (AvgIpc) is 2.66. The minimum atomic E-state index is -0.538. The van der Waals surface area contributed by atoms with Gasteiger partial charge in [0, 0.05) is 5.69 Å². The first kappa shape index (κ1) is 22.3. The zero-order chi connectivity index (χ0) is 21.4. The van der Waals surface area contributed by atoms with Crippen molar-refractivity contribution in [2.75, 3.05) is 18.5 Å². The predicted molar refractivity (Wildman–Crippen MR) is 111 cm³/mol. The summed E-state index contributed by atoms with van der Waals surface area (Å²) in [6, 6.07) is 14.1. The van der Waals surface area contributed by atoms with Crippen molar-refractivity contribution in [1.29, 1.82) is 5.26 Å². The van der Waals surface area contributed by atoms with Gasteiger partial charge in [0.2, 0.25) is 0 Å². The Morgan fingerprint density at radius 1 is 1.14 bits per heavy atom. The van der Waals surface area contributed by atoms with Crippen LogP contribution in [0.5, 0.6) is 5.75 Å². The van der Waals surface area contributed by atoms with Crippen LogP contribution < -0.4 is 10.1 Å². The zero-order valence-corrected chi connectivity index (χ0v) is 17.4. The molecule has 0 atom stereocenters. The lowest BCUT2D eigenvalue weighted by Gasteiger charge is -2.19. The second kappa shape index (κ2) is 9.94. The van der Waals surface area contributed by atoms with Gasteiger partial charge in [-0.3, -0.25) is 9.59 Å². The van der Waals surface area contributed by atoms with Crippen LogP contribution in [0, 0.1) is 11.3 Å². The molecule has 0 aliphatic rings. The molecule has 0 fully saturated rings. The predicted octanol–water partition coefficient (Wildman–Crippen LogP) is 4.46. The maximum Gasteiger partial charge on any atom is 0.309 e. The Morgan fingerprint density at radius 2 is 1.83 bits per heavy atom. The molecule has 1 amide bonds. The van der Waals surface area contributed by atoms with E-state index in [1.807, 2.05) is 30.3 Å². The van der Waals surface area contributed by atoms with Gasteiger partial charge in [0.25, 0.3) is 5.91 Å². The quantitative estimate of drug-likeness (QED) is 0.675. The SMILES string of the molecule is CC(C)(C)c1ccc(OCCC(=O)OCC(=O)Nc2ccc(C#N)c(Cl)c2)cc1. The first-order valence-corrected chi connectivity index (χ1v) is 9.45. The Balaban J connectivity index is 1.71. The summed E-state index contributed by atoms with van der Waals surface area (Å²) in [5.74, 6) is -0.372. The van der Waals surface area contributed by atoms with Gasteiger partial charge in [-0.05, 0) is 41.3 Å². The molecule has 0 spiro atoms. The summed E-state index contributed by atoms with van der Waals surface area (Å²) >= 11 is 5.91. The fourth-order valence-electron chi connectivity index (χ4n) is 2.40. The number of anilines is 1. The van der Waals surface area contributed by atoms with E-state index in [1.54, 1.807) is 6.07 Å². The molecule has 6 nitrogen and oxygen atoms in total. The van der Waals surface area contributed by atoms with Crippen molar-refractivity contribution in [3.8, 4) is 11.8 Å². The summed E-state index contributed by atoms with van der Waals surface area (Å²) in [4.78, 5) is 23.6. The monoisotopic (exact) mass is 414 g/mol. The molecule has 0 saturated heterocycles. The van der Waals surface area contributed by atoms with E-state index in [0.29, 0.717) is 17.0 Å². The van der Waals surface area contributed by atoms with Gasteiger partial charge in [-0.15, -0.1) is 0 Å². The summed E-state index contributed by atoms with van der Waals surface area (Å²) in [7, 11) is 0. The molecule has 0 heterocycles. The van der Waals surface area contributed by atoms with Crippen LogP contribution in [-0.2, 0) is 19.7 Å². The van der Waals surface area contributed by atoms with Crippen molar-refractivity contribution in [3.05, 3.63) is 58.6 Å². The van der Waals surface area contributed by atoms with Crippen LogP contribution in [0.2, 0.25) is 5.02 Å². The van der Waals surface area contributed by atoms with Crippen molar-refractivity contribution in [2.24, 2.45) is 0 Å². The minimum absolute atomic E-state index is 0.0248. The third-order valence-electron chi connectivity index (χ3n) is 4.03. The van der Waals surface area contributed by atoms with Gasteiger partial charge in [0.05, 0.1) is 23.6 Å². The van der Waals surface area contributed by atoms with Gasteiger partial charge in [0.1, 0.15) is 11.8 Å². The third kappa shape index (κ3) is 7.13. The lowest BCUT2D eigenvalue weighted by Crippen LogP contribution is -2.21. The number of carbonyl (C=O) groups excluding carboxylic acids is 2. The Morgan fingerprint density at radius 3 is 2.41 bits per heavy atom. The molecule has 152 valence electrons. The number of nitrogens with zero attached hydrogens (tertiary/aromatic N) is 1. The molecule has 2 rings (SSSR count). The Hall–Kier alpha value is -3.04. The number of halogens is 1. The normalized spacial score (nSPS) is 10.7. The molecule has 7 heteroatoms. The van der Waals surface area contributed by atoms with E-state index in [9.17, 15) is 9.59 Å². The van der Waals surface area contributed by atoms with Crippen LogP contribution in [-0.4, -0.2) is 25.1 Å². The van der Waals surface area contributed by atoms with Crippen molar-refractivity contribution < 1.29 is 19.1 Å². The number of ether oxygens (including phenoxy) is 2. The number of amides is 1. The van der Waals surface area contributed by atoms with Crippen LogP contribution in [0.3, 0.4) is 0 Å². The summed E-state index contributed by atoms with van der Waals surface area (Å²) in [5.41, 5.74) is 1.98. The molecule has 0 aromatic heterocycles. The lowest BCUT2D eigenvalue weighted by molar-refractivity contribution is -0.147. The van der Waals surface area contributed by atoms with Crippen molar-refractivity contribution in [1.82, 2.24) is 0 Å². The molecule has 0 unspecified atom stereocenters. The fourth-order valence-corrected chi connectivity index (χ4v) is 2.62. The number of nitrogens with one attached hydrogen (secondary N) is 1. The average molecular weight is 415 g/mol. The standard InChI is InChI=1S/C22H23ClN2O4/c1-22(2,3)16-5-8-18(9-6-16)28-11-10-21(27)29-14-20(26)25-17-7-4-15(13-24)19(23)12-17/h4-9,12H,10-11,14H2,1-3H3,(H,25,26). The Bertz CT molecular complexity index is 912. The molecule has 2 aromatic carbocycles. The number of esters is 1. The maximum absolute atomic E-state index is 11.9. The van der Waals surface area contributed by atoms with Crippen molar-refractivity contribution >= 4 is 29.2 Å². The lowest BCUT2D eigenvalue weighted by atomic mass is 9.87. The van der Waals surface area contributed by atoms with Crippen LogP contribution in [0.15, 0.2) is 42.5 Å². The van der Waals surface area contributed by atoms with E-state index in [-0.39, 0.29) is 23.5 Å². The molecule has 0 aliphatic heterocycles. The highest BCUT2D eigenvalue weighted by Crippen LogP contribution is 2.24. The first-order chi connectivity index (χ1) is 13.7. The van der Waals surface area contributed by atoms with E-state index in [0.717, 1.165) is 0 Å². The highest BCUT2D eigenvalue weighted by atomic mass is 35.5. The highest BCUT2D eigenvalue weighted by molar-refractivity contribution is 6.32. The van der Waals surface area contributed by atoms with Gasteiger partial charge < -0.3 is 14.8 Å².